The molecule has 1 aliphatic rings. The van der Waals surface area contributed by atoms with Gasteiger partial charge in [-0.05, 0) is 18.8 Å². The molecule has 2 atom stereocenters. The number of aliphatic hydroxyl groups is 1. The second kappa shape index (κ2) is 6.35. The van der Waals surface area contributed by atoms with E-state index < -0.39 is 6.43 Å². The van der Waals surface area contributed by atoms with Gasteiger partial charge in [-0.3, -0.25) is 4.90 Å². The Bertz CT molecular complexity index is 181. The van der Waals surface area contributed by atoms with E-state index >= 15 is 0 Å². The van der Waals surface area contributed by atoms with Gasteiger partial charge in [0, 0.05) is 19.1 Å². The van der Waals surface area contributed by atoms with E-state index in [9.17, 15) is 8.78 Å². The predicted molar refractivity (Wildman–Crippen MR) is 54.8 cm³/mol. The van der Waals surface area contributed by atoms with Crippen molar-refractivity contribution in [3.8, 4) is 0 Å². The quantitative estimate of drug-likeness (QED) is 0.694. The summed E-state index contributed by atoms with van der Waals surface area (Å²) in [7, 11) is 0. The van der Waals surface area contributed by atoms with Gasteiger partial charge in [0.05, 0.1) is 13.2 Å². The molecule has 1 aliphatic carbocycles. The van der Waals surface area contributed by atoms with E-state index in [0.717, 1.165) is 19.3 Å². The molecule has 0 spiro atoms. The van der Waals surface area contributed by atoms with Crippen LogP contribution in [0.5, 0.6) is 0 Å². The van der Waals surface area contributed by atoms with Crippen molar-refractivity contribution in [1.82, 2.24) is 4.90 Å². The van der Waals surface area contributed by atoms with Crippen LogP contribution in [0.1, 0.15) is 19.3 Å². The van der Waals surface area contributed by atoms with Crippen LogP contribution in [0, 0.1) is 5.92 Å². The van der Waals surface area contributed by atoms with Crippen molar-refractivity contribution in [3.05, 3.63) is 0 Å². The monoisotopic (exact) mass is 222 g/mol. The molecule has 90 valence electrons. The molecule has 0 bridgehead atoms. The number of hydrogen-bond donors (Lipinski definition) is 2. The van der Waals surface area contributed by atoms with Crippen molar-refractivity contribution < 1.29 is 13.9 Å². The molecule has 1 fully saturated rings. The zero-order chi connectivity index (χ0) is 11.3. The van der Waals surface area contributed by atoms with Gasteiger partial charge in [0.15, 0.2) is 0 Å². The maximum atomic E-state index is 12.2. The SMILES string of the molecule is NC1CCCC1CN(CCO)CC(F)F. The van der Waals surface area contributed by atoms with E-state index in [0.29, 0.717) is 19.0 Å². The summed E-state index contributed by atoms with van der Waals surface area (Å²) in [5, 5.41) is 8.77. The Hall–Kier alpha value is -0.260. The standard InChI is InChI=1S/C10H20F2N2O/c11-10(12)7-14(4-5-15)6-8-2-1-3-9(8)13/h8-10,15H,1-7,13H2. The van der Waals surface area contributed by atoms with Gasteiger partial charge >= 0.3 is 0 Å². The highest BCUT2D eigenvalue weighted by molar-refractivity contribution is 4.82. The van der Waals surface area contributed by atoms with Gasteiger partial charge in [0.2, 0.25) is 0 Å². The number of alkyl halides is 2. The summed E-state index contributed by atoms with van der Waals surface area (Å²) < 4.78 is 24.4. The first-order valence-corrected chi connectivity index (χ1v) is 5.50. The Morgan fingerprint density at radius 3 is 2.60 bits per heavy atom. The molecule has 0 aliphatic heterocycles. The molecular weight excluding hydrogens is 202 g/mol. The molecule has 15 heavy (non-hydrogen) atoms. The largest absolute Gasteiger partial charge is 0.395 e. The number of aliphatic hydroxyl groups excluding tert-OH is 1. The van der Waals surface area contributed by atoms with Gasteiger partial charge in [-0.1, -0.05) is 6.42 Å². The van der Waals surface area contributed by atoms with Crippen LogP contribution in [0.15, 0.2) is 0 Å². The van der Waals surface area contributed by atoms with E-state index in [1.165, 1.54) is 0 Å². The van der Waals surface area contributed by atoms with Crippen molar-refractivity contribution in [2.45, 2.75) is 31.7 Å². The molecule has 0 aromatic rings. The highest BCUT2D eigenvalue weighted by atomic mass is 19.3. The summed E-state index contributed by atoms with van der Waals surface area (Å²) in [5.41, 5.74) is 5.88. The molecule has 2 unspecified atom stereocenters. The molecule has 5 heteroatoms. The summed E-state index contributed by atoms with van der Waals surface area (Å²) in [4.78, 5) is 1.61. The molecule has 0 amide bonds. The van der Waals surface area contributed by atoms with Gasteiger partial charge in [-0.2, -0.15) is 0 Å². The number of halogens is 2. The summed E-state index contributed by atoms with van der Waals surface area (Å²) in [6.07, 6.45) is 0.765. The summed E-state index contributed by atoms with van der Waals surface area (Å²) in [6.45, 7) is 0.568. The van der Waals surface area contributed by atoms with Crippen molar-refractivity contribution in [2.24, 2.45) is 11.7 Å². The molecule has 0 aromatic heterocycles. The third kappa shape index (κ3) is 4.40. The average Bonchev–Trinajstić information content (AvgIpc) is 2.51. The minimum atomic E-state index is -2.34. The lowest BCUT2D eigenvalue weighted by Gasteiger charge is -2.26. The third-order valence-electron chi connectivity index (χ3n) is 3.02. The van der Waals surface area contributed by atoms with Crippen molar-refractivity contribution in [1.29, 1.82) is 0 Å². The van der Waals surface area contributed by atoms with Gasteiger partial charge in [0.25, 0.3) is 6.43 Å². The predicted octanol–water partition coefficient (Wildman–Crippen LogP) is 0.673. The maximum Gasteiger partial charge on any atom is 0.251 e. The van der Waals surface area contributed by atoms with Gasteiger partial charge < -0.3 is 10.8 Å². The summed E-state index contributed by atoms with van der Waals surface area (Å²) >= 11 is 0. The topological polar surface area (TPSA) is 49.5 Å². The number of rotatable bonds is 6. The minimum absolute atomic E-state index is 0.0747. The van der Waals surface area contributed by atoms with Crippen LogP contribution in [0.3, 0.4) is 0 Å². The van der Waals surface area contributed by atoms with E-state index in [2.05, 4.69) is 0 Å². The maximum absolute atomic E-state index is 12.2. The van der Waals surface area contributed by atoms with Gasteiger partial charge in [0.1, 0.15) is 0 Å². The first kappa shape index (κ1) is 12.8. The lowest BCUT2D eigenvalue weighted by Crippen LogP contribution is -2.39. The fraction of sp³-hybridized carbons (Fsp3) is 1.00. The first-order chi connectivity index (χ1) is 7.13. The number of hydrogen-bond acceptors (Lipinski definition) is 3. The van der Waals surface area contributed by atoms with Crippen LogP contribution in [0.25, 0.3) is 0 Å². The highest BCUT2D eigenvalue weighted by Crippen LogP contribution is 2.24. The smallest absolute Gasteiger partial charge is 0.251 e. The average molecular weight is 222 g/mol. The molecule has 1 rings (SSSR count). The molecule has 0 radical (unpaired) electrons. The van der Waals surface area contributed by atoms with E-state index in [1.54, 1.807) is 4.90 Å². The second-order valence-corrected chi connectivity index (χ2v) is 4.23. The van der Waals surface area contributed by atoms with E-state index in [1.807, 2.05) is 0 Å². The summed E-state index contributed by atoms with van der Waals surface area (Å²) in [5.74, 6) is 0.315. The van der Waals surface area contributed by atoms with Gasteiger partial charge in [-0.15, -0.1) is 0 Å². The molecule has 3 nitrogen and oxygen atoms in total. The fourth-order valence-corrected chi connectivity index (χ4v) is 2.22. The first-order valence-electron chi connectivity index (χ1n) is 5.50. The van der Waals surface area contributed by atoms with Crippen LogP contribution in [0.2, 0.25) is 0 Å². The Labute approximate surface area is 89.2 Å². The Balaban J connectivity index is 2.35. The van der Waals surface area contributed by atoms with Crippen LogP contribution in [0.4, 0.5) is 8.78 Å². The Kier molecular flexibility index (Phi) is 5.42. The van der Waals surface area contributed by atoms with Crippen LogP contribution in [-0.2, 0) is 0 Å². The third-order valence-corrected chi connectivity index (χ3v) is 3.02. The molecule has 0 aromatic carbocycles. The van der Waals surface area contributed by atoms with E-state index in [4.69, 9.17) is 10.8 Å². The molecule has 3 N–H and O–H groups in total. The molecule has 0 saturated heterocycles. The summed E-state index contributed by atoms with van der Waals surface area (Å²) in [6, 6.07) is 0.142. The highest BCUT2D eigenvalue weighted by Gasteiger charge is 2.26. The Morgan fingerprint density at radius 2 is 2.13 bits per heavy atom. The molecule has 0 heterocycles. The number of nitrogens with two attached hydrogens (primary N) is 1. The van der Waals surface area contributed by atoms with Crippen LogP contribution in [-0.4, -0.2) is 48.7 Å². The van der Waals surface area contributed by atoms with Crippen LogP contribution < -0.4 is 5.73 Å². The van der Waals surface area contributed by atoms with Crippen molar-refractivity contribution in [3.63, 3.8) is 0 Å². The number of nitrogens with zero attached hydrogens (tertiary/aromatic N) is 1. The lowest BCUT2D eigenvalue weighted by molar-refractivity contribution is 0.0689. The zero-order valence-electron chi connectivity index (χ0n) is 8.91. The Morgan fingerprint density at radius 1 is 1.40 bits per heavy atom. The normalized spacial score (nSPS) is 26.8. The van der Waals surface area contributed by atoms with E-state index in [-0.39, 0.29) is 19.2 Å². The van der Waals surface area contributed by atoms with Crippen molar-refractivity contribution >= 4 is 0 Å². The lowest BCUT2D eigenvalue weighted by atomic mass is 10.0. The molecule has 1 saturated carbocycles. The van der Waals surface area contributed by atoms with Crippen molar-refractivity contribution in [2.75, 3.05) is 26.2 Å². The van der Waals surface area contributed by atoms with Crippen LogP contribution >= 0.6 is 0 Å². The minimum Gasteiger partial charge on any atom is -0.395 e. The molecular formula is C10H20F2N2O. The second-order valence-electron chi connectivity index (χ2n) is 4.23. The zero-order valence-corrected chi connectivity index (χ0v) is 8.91. The van der Waals surface area contributed by atoms with Gasteiger partial charge in [-0.25, -0.2) is 8.78 Å². The fourth-order valence-electron chi connectivity index (χ4n) is 2.22.